The highest BCUT2D eigenvalue weighted by atomic mass is 19.1. The molecule has 4 aromatic rings. The Bertz CT molecular complexity index is 1360. The summed E-state index contributed by atoms with van der Waals surface area (Å²) in [4.78, 5) is 16.1. The molecule has 0 aliphatic heterocycles. The number of halogens is 1. The van der Waals surface area contributed by atoms with E-state index in [1.807, 2.05) is 13.0 Å². The van der Waals surface area contributed by atoms with Crippen molar-refractivity contribution in [3.63, 3.8) is 0 Å². The van der Waals surface area contributed by atoms with Crippen LogP contribution in [0.1, 0.15) is 23.3 Å². The molecule has 0 aliphatic carbocycles. The minimum atomic E-state index is -0.548. The Morgan fingerprint density at radius 1 is 1.17 bits per heavy atom. The van der Waals surface area contributed by atoms with Gasteiger partial charge in [0.25, 0.3) is 0 Å². The van der Waals surface area contributed by atoms with Crippen molar-refractivity contribution in [2.75, 3.05) is 32.7 Å². The van der Waals surface area contributed by atoms with Crippen molar-refractivity contribution >= 4 is 17.2 Å². The molecule has 1 amide bonds. The molecule has 10 heteroatoms. The second kappa shape index (κ2) is 10.8. The molecule has 4 rings (SSSR count). The number of methoxy groups -OCH3 is 2. The third-order valence-electron chi connectivity index (χ3n) is 5.20. The maximum atomic E-state index is 14.2. The first kappa shape index (κ1) is 25.4. The zero-order valence-corrected chi connectivity index (χ0v) is 19.0. The van der Waals surface area contributed by atoms with Crippen LogP contribution >= 0.6 is 0 Å². The summed E-state index contributed by atoms with van der Waals surface area (Å²) >= 11 is 0. The number of imidazole rings is 1. The third kappa shape index (κ3) is 5.33. The predicted octanol–water partition coefficient (Wildman–Crippen LogP) is 4.44. The molecule has 2 aromatic heterocycles. The molecule has 3 N–H and O–H groups in total. The van der Waals surface area contributed by atoms with Crippen LogP contribution < -0.4 is 20.5 Å². The zero-order chi connectivity index (χ0) is 24.2. The standard InChI is InChI=1S/C24H24FN5O4.CH4/c1-14-10-15(4-6-17(14)23(26)31)20-13-28-24-19(27-8-9-32-2)12-22(29-30(20)24)34-16-5-7-21(33-3)18(25)11-16;/h4-7,10-13,27H,8-9H2,1-3H3,(H2,26,31);1H4. The fourth-order valence-corrected chi connectivity index (χ4v) is 3.54. The molecule has 0 fully saturated rings. The number of carbonyl (C=O) groups excluding carboxylic acids is 1. The molecule has 0 saturated carbocycles. The number of benzene rings is 2. The smallest absolute Gasteiger partial charge is 0.248 e. The topological polar surface area (TPSA) is 113 Å². The van der Waals surface area contributed by atoms with E-state index in [-0.39, 0.29) is 24.8 Å². The predicted molar refractivity (Wildman–Crippen MR) is 132 cm³/mol. The SMILES string of the molecule is C.COCCNc1cc(Oc2ccc(OC)c(F)c2)nn2c(-c3ccc(C(N)=O)c(C)c3)cnc12. The van der Waals surface area contributed by atoms with Gasteiger partial charge in [0.1, 0.15) is 5.75 Å². The van der Waals surface area contributed by atoms with E-state index in [1.165, 1.54) is 19.2 Å². The van der Waals surface area contributed by atoms with Gasteiger partial charge in [0.05, 0.1) is 31.3 Å². The number of hydrogen-bond donors (Lipinski definition) is 2. The van der Waals surface area contributed by atoms with Crippen LogP contribution in [0.2, 0.25) is 0 Å². The molecule has 35 heavy (non-hydrogen) atoms. The van der Waals surface area contributed by atoms with E-state index in [9.17, 15) is 9.18 Å². The lowest BCUT2D eigenvalue weighted by atomic mass is 10.0. The van der Waals surface area contributed by atoms with Crippen LogP contribution in [0.3, 0.4) is 0 Å². The van der Waals surface area contributed by atoms with Crippen molar-refractivity contribution in [3.05, 3.63) is 65.6 Å². The molecule has 0 spiro atoms. The van der Waals surface area contributed by atoms with E-state index in [1.54, 1.807) is 42.1 Å². The van der Waals surface area contributed by atoms with Crippen LogP contribution in [-0.2, 0) is 4.74 Å². The third-order valence-corrected chi connectivity index (χ3v) is 5.20. The molecule has 0 aliphatic rings. The van der Waals surface area contributed by atoms with E-state index in [4.69, 9.17) is 19.9 Å². The number of nitrogens with two attached hydrogens (primary N) is 1. The number of hydrogen-bond acceptors (Lipinski definition) is 7. The minimum absolute atomic E-state index is 0. The van der Waals surface area contributed by atoms with Gasteiger partial charge in [-0.3, -0.25) is 4.79 Å². The van der Waals surface area contributed by atoms with Gasteiger partial charge >= 0.3 is 0 Å². The zero-order valence-electron chi connectivity index (χ0n) is 19.0. The fraction of sp³-hybridized carbons (Fsp3) is 0.240. The molecular formula is C25H28FN5O4. The fourth-order valence-electron chi connectivity index (χ4n) is 3.54. The lowest BCUT2D eigenvalue weighted by Crippen LogP contribution is -2.12. The number of fused-ring (bicyclic) bond motifs is 1. The summed E-state index contributed by atoms with van der Waals surface area (Å²) in [7, 11) is 3.01. The Morgan fingerprint density at radius 3 is 2.63 bits per heavy atom. The van der Waals surface area contributed by atoms with Gasteiger partial charge in [0.15, 0.2) is 17.2 Å². The van der Waals surface area contributed by atoms with Gasteiger partial charge in [0, 0.05) is 36.9 Å². The average molecular weight is 482 g/mol. The maximum Gasteiger partial charge on any atom is 0.248 e. The van der Waals surface area contributed by atoms with Crippen molar-refractivity contribution in [2.45, 2.75) is 14.4 Å². The summed E-state index contributed by atoms with van der Waals surface area (Å²) < 4.78 is 31.7. The Labute approximate surface area is 202 Å². The number of amides is 1. The molecule has 0 bridgehead atoms. The molecule has 0 radical (unpaired) electrons. The van der Waals surface area contributed by atoms with Gasteiger partial charge in [-0.2, -0.15) is 0 Å². The first-order valence-electron chi connectivity index (χ1n) is 10.4. The molecular weight excluding hydrogens is 453 g/mol. The number of nitrogens with one attached hydrogen (secondary N) is 1. The van der Waals surface area contributed by atoms with Gasteiger partial charge in [0.2, 0.25) is 11.8 Å². The van der Waals surface area contributed by atoms with Crippen LogP contribution in [0.5, 0.6) is 17.4 Å². The molecule has 0 saturated heterocycles. The summed E-state index contributed by atoms with van der Waals surface area (Å²) in [5.74, 6) is -0.442. The van der Waals surface area contributed by atoms with Crippen molar-refractivity contribution in [3.8, 4) is 28.6 Å². The van der Waals surface area contributed by atoms with Gasteiger partial charge in [-0.25, -0.2) is 13.9 Å². The summed E-state index contributed by atoms with van der Waals surface area (Å²) in [5.41, 5.74) is 9.31. The monoisotopic (exact) mass is 481 g/mol. The summed E-state index contributed by atoms with van der Waals surface area (Å²) in [6.07, 6.45) is 1.68. The van der Waals surface area contributed by atoms with E-state index in [0.29, 0.717) is 35.7 Å². The number of aryl methyl sites for hydroxylation is 1. The van der Waals surface area contributed by atoms with Crippen LogP contribution in [0, 0.1) is 12.7 Å². The largest absolute Gasteiger partial charge is 0.494 e. The number of rotatable bonds is 9. The highest BCUT2D eigenvalue weighted by Gasteiger charge is 2.16. The number of primary amides is 1. The second-order valence-corrected chi connectivity index (χ2v) is 7.49. The number of nitrogens with zero attached hydrogens (tertiary/aromatic N) is 3. The number of aromatic nitrogens is 3. The van der Waals surface area contributed by atoms with Crippen LogP contribution in [0.4, 0.5) is 10.1 Å². The first-order chi connectivity index (χ1) is 16.4. The van der Waals surface area contributed by atoms with Gasteiger partial charge in [-0.15, -0.1) is 5.10 Å². The summed E-state index contributed by atoms with van der Waals surface area (Å²) in [6, 6.07) is 11.3. The Morgan fingerprint density at radius 2 is 1.97 bits per heavy atom. The lowest BCUT2D eigenvalue weighted by Gasteiger charge is -2.12. The highest BCUT2D eigenvalue weighted by molar-refractivity contribution is 5.94. The van der Waals surface area contributed by atoms with E-state index < -0.39 is 11.7 Å². The van der Waals surface area contributed by atoms with Crippen LogP contribution in [-0.4, -0.2) is 47.9 Å². The highest BCUT2D eigenvalue weighted by Crippen LogP contribution is 2.31. The lowest BCUT2D eigenvalue weighted by molar-refractivity contribution is 0.0999. The number of ether oxygens (including phenoxy) is 3. The van der Waals surface area contributed by atoms with Gasteiger partial charge < -0.3 is 25.3 Å². The minimum Gasteiger partial charge on any atom is -0.494 e. The first-order valence-corrected chi connectivity index (χ1v) is 10.4. The van der Waals surface area contributed by atoms with Crippen LogP contribution in [0.25, 0.3) is 16.9 Å². The van der Waals surface area contributed by atoms with Gasteiger partial charge in [-0.1, -0.05) is 13.5 Å². The molecule has 184 valence electrons. The maximum absolute atomic E-state index is 14.2. The molecule has 2 aromatic carbocycles. The Balaban J connectivity index is 0.00000342. The molecule has 9 nitrogen and oxygen atoms in total. The normalized spacial score (nSPS) is 10.6. The average Bonchev–Trinajstić information content (AvgIpc) is 3.23. The van der Waals surface area contributed by atoms with Crippen molar-refractivity contribution in [1.82, 2.24) is 14.6 Å². The van der Waals surface area contributed by atoms with E-state index in [0.717, 1.165) is 11.1 Å². The summed E-state index contributed by atoms with van der Waals surface area (Å²) in [5, 5.41) is 7.83. The van der Waals surface area contributed by atoms with Crippen molar-refractivity contribution in [2.24, 2.45) is 5.73 Å². The number of anilines is 1. The Kier molecular flexibility index (Phi) is 7.87. The quantitative estimate of drug-likeness (QED) is 0.340. The van der Waals surface area contributed by atoms with Gasteiger partial charge in [-0.05, 0) is 36.8 Å². The van der Waals surface area contributed by atoms with Crippen LogP contribution in [0.15, 0.2) is 48.7 Å². The van der Waals surface area contributed by atoms with Crippen molar-refractivity contribution < 1.29 is 23.4 Å². The van der Waals surface area contributed by atoms with E-state index in [2.05, 4.69) is 15.4 Å². The van der Waals surface area contributed by atoms with Crippen molar-refractivity contribution in [1.29, 1.82) is 0 Å². The molecule has 2 heterocycles. The molecule has 0 atom stereocenters. The molecule has 0 unspecified atom stereocenters. The summed E-state index contributed by atoms with van der Waals surface area (Å²) in [6.45, 7) is 2.82. The number of carbonyl (C=O) groups is 1. The Hall–Kier alpha value is -4.18. The van der Waals surface area contributed by atoms with E-state index >= 15 is 0 Å². The second-order valence-electron chi connectivity index (χ2n) is 7.49.